The second kappa shape index (κ2) is 7.38. The third kappa shape index (κ3) is 3.46. The van der Waals surface area contributed by atoms with Gasteiger partial charge in [0.25, 0.3) is 0 Å². The third-order valence-electron chi connectivity index (χ3n) is 5.22. The highest BCUT2D eigenvalue weighted by atomic mass is 32.1. The van der Waals surface area contributed by atoms with Gasteiger partial charge >= 0.3 is 0 Å². The summed E-state index contributed by atoms with van der Waals surface area (Å²) in [5.41, 5.74) is -0.566. The summed E-state index contributed by atoms with van der Waals surface area (Å²) in [6.45, 7) is 2.62. The molecule has 1 spiro atoms. The number of nitriles is 1. The van der Waals surface area contributed by atoms with Gasteiger partial charge in [-0.2, -0.15) is 5.26 Å². The van der Waals surface area contributed by atoms with E-state index < -0.39 is 5.54 Å². The number of piperazine rings is 1. The van der Waals surface area contributed by atoms with Gasteiger partial charge in [0.1, 0.15) is 12.1 Å². The summed E-state index contributed by atoms with van der Waals surface area (Å²) < 4.78 is 0. The van der Waals surface area contributed by atoms with E-state index in [2.05, 4.69) is 11.0 Å². The van der Waals surface area contributed by atoms with Crippen molar-refractivity contribution in [1.29, 1.82) is 5.26 Å². The monoisotopic (exact) mass is 358 g/mol. The van der Waals surface area contributed by atoms with Crippen molar-refractivity contribution in [2.45, 2.75) is 18.4 Å². The van der Waals surface area contributed by atoms with Crippen LogP contribution in [-0.4, -0.2) is 71.8 Å². The van der Waals surface area contributed by atoms with Crippen molar-refractivity contribution in [2.24, 2.45) is 0 Å². The summed E-state index contributed by atoms with van der Waals surface area (Å²) in [5.74, 6) is 0.0204. The number of carbonyl (C=O) groups excluding carboxylic acids is 2. The molecular weight excluding hydrogens is 336 g/mol. The van der Waals surface area contributed by atoms with E-state index in [1.54, 1.807) is 27.2 Å². The van der Waals surface area contributed by atoms with Crippen LogP contribution in [0, 0.1) is 11.3 Å². The van der Waals surface area contributed by atoms with Crippen molar-refractivity contribution in [1.82, 2.24) is 14.7 Å². The first-order valence-corrected chi connectivity index (χ1v) is 9.33. The van der Waals surface area contributed by atoms with E-state index in [1.165, 1.54) is 0 Å². The normalized spacial score (nSPS) is 21.0. The van der Waals surface area contributed by atoms with E-state index >= 15 is 0 Å². The molecule has 1 aromatic heterocycles. The summed E-state index contributed by atoms with van der Waals surface area (Å²) in [4.78, 5) is 31.9. The Balaban J connectivity index is 1.64. The van der Waals surface area contributed by atoms with Crippen molar-refractivity contribution in [3.63, 3.8) is 0 Å². The lowest BCUT2D eigenvalue weighted by molar-refractivity contribution is -0.155. The number of amides is 2. The lowest BCUT2D eigenvalue weighted by Gasteiger charge is -2.51. The number of thiophene rings is 1. The fraction of sp³-hybridized carbons (Fsp3) is 0.500. The highest BCUT2D eigenvalue weighted by molar-refractivity contribution is 7.10. The molecule has 0 atom stereocenters. The molecule has 6 nitrogen and oxygen atoms in total. The first-order chi connectivity index (χ1) is 12.1. The van der Waals surface area contributed by atoms with Crippen LogP contribution in [0.5, 0.6) is 0 Å². The largest absolute Gasteiger partial charge is 0.339 e. The molecule has 0 aromatic carbocycles. The number of rotatable bonds is 3. The van der Waals surface area contributed by atoms with Crippen LogP contribution in [0.2, 0.25) is 0 Å². The maximum Gasteiger partial charge on any atom is 0.246 e. The van der Waals surface area contributed by atoms with Crippen molar-refractivity contribution in [3.8, 4) is 6.07 Å². The molecule has 0 saturated carbocycles. The topological polar surface area (TPSA) is 67.7 Å². The average molecular weight is 358 g/mol. The van der Waals surface area contributed by atoms with Gasteiger partial charge in [-0.05, 0) is 37.4 Å². The lowest BCUT2D eigenvalue weighted by Crippen LogP contribution is -2.67. The molecule has 132 valence electrons. The molecule has 7 heteroatoms. The summed E-state index contributed by atoms with van der Waals surface area (Å²) in [6, 6.07) is 6.00. The zero-order chi connectivity index (χ0) is 17.9. The summed E-state index contributed by atoms with van der Waals surface area (Å²) >= 11 is 1.59. The van der Waals surface area contributed by atoms with Crippen molar-refractivity contribution in [3.05, 3.63) is 28.5 Å². The zero-order valence-electron chi connectivity index (χ0n) is 14.4. The lowest BCUT2D eigenvalue weighted by atomic mass is 9.82. The Labute approximate surface area is 151 Å². The number of piperidine rings is 1. The number of hydrogen-bond donors (Lipinski definition) is 0. The van der Waals surface area contributed by atoms with Gasteiger partial charge in [0.15, 0.2) is 0 Å². The summed E-state index contributed by atoms with van der Waals surface area (Å²) in [7, 11) is 1.97. The standard InChI is InChI=1S/C18H22N4O2S/c1-20-12-13-22(11-8-19)17(24)18(20)6-9-21(10-7-18)16(23)5-4-15-3-2-14-25-15/h2-5,14H,6-7,9-13H2,1H3/b5-4+. The maximum absolute atomic E-state index is 12.9. The number of likely N-dealkylation sites (tertiary alicyclic amines) is 1. The van der Waals surface area contributed by atoms with Crippen LogP contribution in [0.3, 0.4) is 0 Å². The number of carbonyl (C=O) groups is 2. The number of nitrogens with zero attached hydrogens (tertiary/aromatic N) is 4. The van der Waals surface area contributed by atoms with Crippen molar-refractivity contribution < 1.29 is 9.59 Å². The third-order valence-corrected chi connectivity index (χ3v) is 6.06. The number of likely N-dealkylation sites (N-methyl/N-ethyl adjacent to an activating group) is 1. The van der Waals surface area contributed by atoms with Gasteiger partial charge in [-0.15, -0.1) is 11.3 Å². The van der Waals surface area contributed by atoms with E-state index in [1.807, 2.05) is 30.6 Å². The minimum Gasteiger partial charge on any atom is -0.339 e. The Hall–Kier alpha value is -2.17. The SMILES string of the molecule is CN1CCN(CC#N)C(=O)C12CCN(C(=O)/C=C/c1cccs1)CC2. The highest BCUT2D eigenvalue weighted by Gasteiger charge is 2.49. The second-order valence-electron chi connectivity index (χ2n) is 6.51. The van der Waals surface area contributed by atoms with E-state index in [9.17, 15) is 9.59 Å². The minimum absolute atomic E-state index is 0.0111. The fourth-order valence-corrected chi connectivity index (χ4v) is 4.24. The van der Waals surface area contributed by atoms with Crippen LogP contribution in [-0.2, 0) is 9.59 Å². The molecule has 3 rings (SSSR count). The Morgan fingerprint density at radius 3 is 2.76 bits per heavy atom. The molecule has 2 amide bonds. The highest BCUT2D eigenvalue weighted by Crippen LogP contribution is 2.32. The second-order valence-corrected chi connectivity index (χ2v) is 7.49. The van der Waals surface area contributed by atoms with E-state index in [0.29, 0.717) is 32.5 Å². The smallest absolute Gasteiger partial charge is 0.246 e. The predicted octanol–water partition coefficient (Wildman–Crippen LogP) is 1.42. The van der Waals surface area contributed by atoms with E-state index in [-0.39, 0.29) is 18.4 Å². The van der Waals surface area contributed by atoms with E-state index in [4.69, 9.17) is 5.26 Å². The molecule has 2 saturated heterocycles. The molecule has 0 radical (unpaired) electrons. The van der Waals surface area contributed by atoms with Gasteiger partial charge in [0, 0.05) is 37.1 Å². The first-order valence-electron chi connectivity index (χ1n) is 8.45. The molecule has 25 heavy (non-hydrogen) atoms. The molecule has 2 fully saturated rings. The quantitative estimate of drug-likeness (QED) is 0.605. The molecule has 0 aliphatic carbocycles. The van der Waals surface area contributed by atoms with Gasteiger partial charge in [-0.1, -0.05) is 6.07 Å². The molecule has 1 aromatic rings. The zero-order valence-corrected chi connectivity index (χ0v) is 15.2. The van der Waals surface area contributed by atoms with Gasteiger partial charge in [-0.25, -0.2) is 0 Å². The Bertz CT molecular complexity index is 699. The first kappa shape index (κ1) is 17.6. The van der Waals surface area contributed by atoms with Gasteiger partial charge in [-0.3, -0.25) is 14.5 Å². The molecule has 2 aliphatic rings. The molecule has 0 N–H and O–H groups in total. The molecular formula is C18H22N4O2S. The fourth-order valence-electron chi connectivity index (χ4n) is 3.62. The van der Waals surface area contributed by atoms with Crippen molar-refractivity contribution in [2.75, 3.05) is 39.8 Å². The van der Waals surface area contributed by atoms with Gasteiger partial charge in [0.2, 0.25) is 11.8 Å². The van der Waals surface area contributed by atoms with Crippen LogP contribution >= 0.6 is 11.3 Å². The van der Waals surface area contributed by atoms with Gasteiger partial charge in [0.05, 0.1) is 6.07 Å². The molecule has 2 aliphatic heterocycles. The van der Waals surface area contributed by atoms with Gasteiger partial charge < -0.3 is 9.80 Å². The molecule has 0 bridgehead atoms. The van der Waals surface area contributed by atoms with Crippen LogP contribution in [0.15, 0.2) is 23.6 Å². The Morgan fingerprint density at radius 1 is 1.36 bits per heavy atom. The Morgan fingerprint density at radius 2 is 2.12 bits per heavy atom. The molecule has 3 heterocycles. The van der Waals surface area contributed by atoms with Crippen LogP contribution in [0.25, 0.3) is 6.08 Å². The summed E-state index contributed by atoms with van der Waals surface area (Å²) in [5, 5.41) is 10.9. The van der Waals surface area contributed by atoms with Crippen LogP contribution in [0.4, 0.5) is 0 Å². The number of hydrogen-bond acceptors (Lipinski definition) is 5. The van der Waals surface area contributed by atoms with E-state index in [0.717, 1.165) is 11.4 Å². The van der Waals surface area contributed by atoms with Crippen LogP contribution < -0.4 is 0 Å². The Kier molecular flexibility index (Phi) is 5.21. The minimum atomic E-state index is -0.566. The predicted molar refractivity (Wildman–Crippen MR) is 96.7 cm³/mol. The van der Waals surface area contributed by atoms with Crippen LogP contribution in [0.1, 0.15) is 17.7 Å². The molecule has 0 unspecified atom stereocenters. The van der Waals surface area contributed by atoms with Crippen molar-refractivity contribution >= 4 is 29.2 Å². The average Bonchev–Trinajstić information content (AvgIpc) is 3.15. The summed E-state index contributed by atoms with van der Waals surface area (Å²) in [6.07, 6.45) is 4.67. The maximum atomic E-state index is 12.9.